The number of hydrogen-bond donors (Lipinski definition) is 2. The molecule has 2 atom stereocenters. The van der Waals surface area contributed by atoms with Gasteiger partial charge >= 0.3 is 6.18 Å². The number of benzene rings is 1. The molecular weight excluding hydrogens is 333 g/mol. The van der Waals surface area contributed by atoms with Gasteiger partial charge in [-0.25, -0.2) is 0 Å². The number of aromatic nitrogens is 1. The maximum absolute atomic E-state index is 13.2. The first-order valence-electron chi connectivity index (χ1n) is 8.15. The summed E-state index contributed by atoms with van der Waals surface area (Å²) in [5.74, 6) is -0.380. The number of aliphatic hydroxyl groups excluding tert-OH is 1. The predicted octanol–water partition coefficient (Wildman–Crippen LogP) is 3.39. The number of nitrogens with zero attached hydrogens (tertiary/aromatic N) is 1. The maximum atomic E-state index is 13.2. The van der Waals surface area contributed by atoms with E-state index in [1.807, 2.05) is 0 Å². The molecule has 0 radical (unpaired) electrons. The Balaban J connectivity index is 1.81. The zero-order valence-corrected chi connectivity index (χ0v) is 13.5. The van der Waals surface area contributed by atoms with Crippen molar-refractivity contribution in [2.75, 3.05) is 6.54 Å². The second-order valence-electron chi connectivity index (χ2n) is 6.40. The number of rotatable bonds is 4. The number of alkyl halides is 3. The molecule has 7 heteroatoms. The molecule has 134 valence electrons. The van der Waals surface area contributed by atoms with Gasteiger partial charge in [-0.2, -0.15) is 13.2 Å². The van der Waals surface area contributed by atoms with E-state index in [1.165, 1.54) is 10.6 Å². The third kappa shape index (κ3) is 4.22. The Morgan fingerprint density at radius 2 is 1.92 bits per heavy atom. The Labute approximate surface area is 143 Å². The van der Waals surface area contributed by atoms with Crippen LogP contribution in [-0.4, -0.2) is 28.2 Å². The molecule has 1 fully saturated rings. The van der Waals surface area contributed by atoms with Crippen LogP contribution in [0.1, 0.15) is 35.2 Å². The van der Waals surface area contributed by atoms with Gasteiger partial charge in [0.05, 0.1) is 11.7 Å². The van der Waals surface area contributed by atoms with E-state index in [4.69, 9.17) is 0 Å². The average Bonchev–Trinajstić information content (AvgIpc) is 3.23. The van der Waals surface area contributed by atoms with E-state index < -0.39 is 17.6 Å². The Morgan fingerprint density at radius 1 is 1.20 bits per heavy atom. The van der Waals surface area contributed by atoms with Crippen molar-refractivity contribution in [1.29, 1.82) is 0 Å². The smallest absolute Gasteiger partial charge is 0.393 e. The molecule has 1 aromatic heterocycles. The zero-order chi connectivity index (χ0) is 18.0. The quantitative estimate of drug-likeness (QED) is 0.886. The fourth-order valence-electron chi connectivity index (χ4n) is 3.13. The molecule has 1 saturated carbocycles. The third-order valence-electron chi connectivity index (χ3n) is 4.47. The highest BCUT2D eigenvalue weighted by molar-refractivity contribution is 5.95. The molecule has 1 amide bonds. The number of carbonyl (C=O) groups excluding carboxylic acids is 1. The summed E-state index contributed by atoms with van der Waals surface area (Å²) in [6.45, 7) is 0.352. The summed E-state index contributed by atoms with van der Waals surface area (Å²) >= 11 is 0. The van der Waals surface area contributed by atoms with Crippen molar-refractivity contribution < 1.29 is 23.1 Å². The second-order valence-corrected chi connectivity index (χ2v) is 6.40. The van der Waals surface area contributed by atoms with Crippen LogP contribution in [0.2, 0.25) is 0 Å². The van der Waals surface area contributed by atoms with Gasteiger partial charge in [0.15, 0.2) is 0 Å². The number of halogens is 3. The third-order valence-corrected chi connectivity index (χ3v) is 4.47. The van der Waals surface area contributed by atoms with E-state index in [0.717, 1.165) is 18.6 Å². The minimum atomic E-state index is -4.53. The summed E-state index contributed by atoms with van der Waals surface area (Å²) in [6.07, 6.45) is 0.468. The molecule has 0 spiro atoms. The minimum absolute atomic E-state index is 0.0305. The van der Waals surface area contributed by atoms with E-state index in [2.05, 4.69) is 5.32 Å². The van der Waals surface area contributed by atoms with Gasteiger partial charge in [0, 0.05) is 30.2 Å². The number of aliphatic hydroxyl groups is 1. The lowest BCUT2D eigenvalue weighted by Crippen LogP contribution is -2.29. The van der Waals surface area contributed by atoms with Crippen LogP contribution in [0.4, 0.5) is 13.2 Å². The standard InChI is InChI=1S/C18H19F3N2O2/c19-18(20,21)14-8-13(9-15(10-14)23-5-1-2-6-23)17(25)22-11-12-3-4-16(24)7-12/h1-2,5-6,8-10,12,16,24H,3-4,7,11H2,(H,22,25). The van der Waals surface area contributed by atoms with Gasteiger partial charge in [-0.05, 0) is 55.5 Å². The van der Waals surface area contributed by atoms with Crippen molar-refractivity contribution in [2.45, 2.75) is 31.5 Å². The van der Waals surface area contributed by atoms with Gasteiger partial charge in [-0.1, -0.05) is 0 Å². The Bertz CT molecular complexity index is 741. The number of carbonyl (C=O) groups is 1. The van der Waals surface area contributed by atoms with E-state index >= 15 is 0 Å². The summed E-state index contributed by atoms with van der Waals surface area (Å²) in [4.78, 5) is 12.3. The lowest BCUT2D eigenvalue weighted by molar-refractivity contribution is -0.137. The van der Waals surface area contributed by atoms with Gasteiger partial charge < -0.3 is 15.0 Å². The van der Waals surface area contributed by atoms with Crippen LogP contribution in [0.3, 0.4) is 0 Å². The van der Waals surface area contributed by atoms with Gasteiger partial charge in [0.25, 0.3) is 5.91 Å². The highest BCUT2D eigenvalue weighted by atomic mass is 19.4. The molecule has 1 aliphatic rings. The Morgan fingerprint density at radius 3 is 2.52 bits per heavy atom. The normalized spacial score (nSPS) is 20.6. The van der Waals surface area contributed by atoms with Crippen LogP contribution in [0.25, 0.3) is 5.69 Å². The molecule has 0 bridgehead atoms. The van der Waals surface area contributed by atoms with E-state index in [-0.39, 0.29) is 23.3 Å². The first-order chi connectivity index (χ1) is 11.8. The van der Waals surface area contributed by atoms with Crippen molar-refractivity contribution in [2.24, 2.45) is 5.92 Å². The molecule has 3 rings (SSSR count). The minimum Gasteiger partial charge on any atom is -0.393 e. The lowest BCUT2D eigenvalue weighted by atomic mass is 10.1. The Hall–Kier alpha value is -2.28. The highest BCUT2D eigenvalue weighted by Crippen LogP contribution is 2.32. The fraction of sp³-hybridized carbons (Fsp3) is 0.389. The molecule has 2 aromatic rings. The first-order valence-corrected chi connectivity index (χ1v) is 8.15. The van der Waals surface area contributed by atoms with E-state index in [1.54, 1.807) is 24.5 Å². The maximum Gasteiger partial charge on any atom is 0.416 e. The van der Waals surface area contributed by atoms with Crippen molar-refractivity contribution in [3.8, 4) is 5.69 Å². The van der Waals surface area contributed by atoms with Gasteiger partial charge in [-0.15, -0.1) is 0 Å². The second kappa shape index (κ2) is 6.92. The first kappa shape index (κ1) is 17.5. The molecule has 1 aliphatic carbocycles. The summed E-state index contributed by atoms with van der Waals surface area (Å²) in [5, 5.41) is 12.2. The summed E-state index contributed by atoms with van der Waals surface area (Å²) < 4.78 is 41.0. The SMILES string of the molecule is O=C(NCC1CCC(O)C1)c1cc(-n2cccc2)cc(C(F)(F)F)c1. The molecule has 25 heavy (non-hydrogen) atoms. The number of nitrogens with one attached hydrogen (secondary N) is 1. The predicted molar refractivity (Wildman–Crippen MR) is 86.5 cm³/mol. The molecule has 2 unspecified atom stereocenters. The van der Waals surface area contributed by atoms with Crippen molar-refractivity contribution in [3.05, 3.63) is 53.9 Å². The van der Waals surface area contributed by atoms with Gasteiger partial charge in [-0.3, -0.25) is 4.79 Å². The van der Waals surface area contributed by atoms with Gasteiger partial charge in [0.2, 0.25) is 0 Å². The highest BCUT2D eigenvalue weighted by Gasteiger charge is 2.32. The number of hydrogen-bond acceptors (Lipinski definition) is 2. The van der Waals surface area contributed by atoms with Crippen molar-refractivity contribution in [3.63, 3.8) is 0 Å². The molecule has 4 nitrogen and oxygen atoms in total. The molecule has 0 saturated heterocycles. The topological polar surface area (TPSA) is 54.3 Å². The molecular formula is C18H19F3N2O2. The van der Waals surface area contributed by atoms with Crippen molar-refractivity contribution >= 4 is 5.91 Å². The van der Waals surface area contributed by atoms with Crippen LogP contribution >= 0.6 is 0 Å². The Kier molecular flexibility index (Phi) is 4.85. The molecule has 2 N–H and O–H groups in total. The van der Waals surface area contributed by atoms with Crippen LogP contribution in [0, 0.1) is 5.92 Å². The average molecular weight is 352 g/mol. The zero-order valence-electron chi connectivity index (χ0n) is 13.5. The summed E-state index contributed by atoms with van der Waals surface area (Å²) in [5.41, 5.74) is -0.613. The largest absolute Gasteiger partial charge is 0.416 e. The fourth-order valence-corrected chi connectivity index (χ4v) is 3.13. The van der Waals surface area contributed by atoms with E-state index in [0.29, 0.717) is 19.4 Å². The number of amides is 1. The molecule has 0 aliphatic heterocycles. The molecule has 1 heterocycles. The van der Waals surface area contributed by atoms with E-state index in [9.17, 15) is 23.1 Å². The monoisotopic (exact) mass is 352 g/mol. The summed E-state index contributed by atoms with van der Waals surface area (Å²) in [7, 11) is 0. The van der Waals surface area contributed by atoms with Crippen LogP contribution in [0.15, 0.2) is 42.7 Å². The summed E-state index contributed by atoms with van der Waals surface area (Å²) in [6, 6.07) is 6.72. The van der Waals surface area contributed by atoms with Crippen molar-refractivity contribution in [1.82, 2.24) is 9.88 Å². The van der Waals surface area contributed by atoms with Crippen LogP contribution in [0.5, 0.6) is 0 Å². The lowest BCUT2D eigenvalue weighted by Gasteiger charge is -2.14. The molecule has 1 aromatic carbocycles. The van der Waals surface area contributed by atoms with Crippen LogP contribution in [-0.2, 0) is 6.18 Å². The van der Waals surface area contributed by atoms with Gasteiger partial charge in [0.1, 0.15) is 0 Å². The van der Waals surface area contributed by atoms with Crippen LogP contribution < -0.4 is 5.32 Å².